The van der Waals surface area contributed by atoms with Crippen molar-refractivity contribution in [3.63, 3.8) is 0 Å². The maximum Gasteiger partial charge on any atom is 0.123 e. The summed E-state index contributed by atoms with van der Waals surface area (Å²) >= 11 is 0. The minimum atomic E-state index is -0.206. The Morgan fingerprint density at radius 2 is 1.73 bits per heavy atom. The molecule has 0 aliphatic rings. The molecule has 2 aromatic heterocycles. The predicted molar refractivity (Wildman–Crippen MR) is 84.1 cm³/mol. The van der Waals surface area contributed by atoms with E-state index in [2.05, 4.69) is 14.5 Å². The van der Waals surface area contributed by atoms with Gasteiger partial charge < -0.3 is 4.57 Å². The van der Waals surface area contributed by atoms with Crippen LogP contribution in [0.25, 0.3) is 0 Å². The van der Waals surface area contributed by atoms with Gasteiger partial charge in [-0.1, -0.05) is 12.1 Å². The average molecular weight is 295 g/mol. The van der Waals surface area contributed by atoms with Crippen molar-refractivity contribution in [2.45, 2.75) is 25.8 Å². The summed E-state index contributed by atoms with van der Waals surface area (Å²) in [6.07, 6.45) is 8.41. The summed E-state index contributed by atoms with van der Waals surface area (Å²) in [6.45, 7) is 2.85. The second-order valence-electron chi connectivity index (χ2n) is 5.43. The molecule has 1 atom stereocenters. The molecule has 4 heteroatoms. The second-order valence-corrected chi connectivity index (χ2v) is 5.43. The average Bonchev–Trinajstić information content (AvgIpc) is 2.96. The van der Waals surface area contributed by atoms with Crippen LogP contribution in [0.1, 0.15) is 29.2 Å². The molecular weight excluding hydrogens is 277 g/mol. The van der Waals surface area contributed by atoms with Crippen LogP contribution in [0.4, 0.5) is 4.39 Å². The molecule has 22 heavy (non-hydrogen) atoms. The van der Waals surface area contributed by atoms with E-state index in [1.54, 1.807) is 12.4 Å². The van der Waals surface area contributed by atoms with Crippen LogP contribution < -0.4 is 0 Å². The van der Waals surface area contributed by atoms with Crippen molar-refractivity contribution < 1.29 is 4.39 Å². The summed E-state index contributed by atoms with van der Waals surface area (Å²) in [6, 6.07) is 10.8. The number of hydrogen-bond acceptors (Lipinski definition) is 2. The van der Waals surface area contributed by atoms with E-state index in [0.29, 0.717) is 0 Å². The molecule has 0 aliphatic carbocycles. The quantitative estimate of drug-likeness (QED) is 0.713. The molecule has 0 fully saturated rings. The van der Waals surface area contributed by atoms with Crippen LogP contribution in [0.15, 0.2) is 61.3 Å². The van der Waals surface area contributed by atoms with Crippen molar-refractivity contribution in [2.24, 2.45) is 0 Å². The summed E-state index contributed by atoms with van der Waals surface area (Å²) in [5, 5.41) is 0. The first-order chi connectivity index (χ1) is 10.7. The van der Waals surface area contributed by atoms with E-state index < -0.39 is 0 Å². The zero-order chi connectivity index (χ0) is 15.4. The molecule has 0 N–H and O–H groups in total. The number of aryl methyl sites for hydroxylation is 2. The van der Waals surface area contributed by atoms with E-state index in [9.17, 15) is 4.39 Å². The van der Waals surface area contributed by atoms with Crippen molar-refractivity contribution in [1.29, 1.82) is 0 Å². The van der Waals surface area contributed by atoms with Gasteiger partial charge in [-0.05, 0) is 48.7 Å². The summed E-state index contributed by atoms with van der Waals surface area (Å²) in [4.78, 5) is 8.34. The van der Waals surface area contributed by atoms with Crippen molar-refractivity contribution in [1.82, 2.24) is 14.5 Å². The lowest BCUT2D eigenvalue weighted by atomic mass is 9.89. The molecular formula is C18H18FN3. The van der Waals surface area contributed by atoms with Gasteiger partial charge >= 0.3 is 0 Å². The van der Waals surface area contributed by atoms with Crippen molar-refractivity contribution in [2.75, 3.05) is 0 Å². The summed E-state index contributed by atoms with van der Waals surface area (Å²) < 4.78 is 15.3. The fourth-order valence-corrected chi connectivity index (χ4v) is 2.69. The van der Waals surface area contributed by atoms with E-state index in [1.807, 2.05) is 43.7 Å². The molecule has 0 saturated carbocycles. The lowest BCUT2D eigenvalue weighted by Gasteiger charge is -2.18. The Hall–Kier alpha value is -2.49. The minimum absolute atomic E-state index is 0.206. The molecule has 112 valence electrons. The first-order valence-corrected chi connectivity index (χ1v) is 7.36. The molecule has 1 unspecified atom stereocenters. The molecule has 3 nitrogen and oxygen atoms in total. The SMILES string of the molecule is Cc1cn(CCC(c2ccncc2)c2ccc(F)cc2)cn1. The maximum atomic E-state index is 13.2. The third kappa shape index (κ3) is 3.39. The zero-order valence-electron chi connectivity index (χ0n) is 12.5. The van der Waals surface area contributed by atoms with Gasteiger partial charge in [0.2, 0.25) is 0 Å². The fourth-order valence-electron chi connectivity index (χ4n) is 2.69. The second kappa shape index (κ2) is 6.52. The summed E-state index contributed by atoms with van der Waals surface area (Å²) in [5.74, 6) is 0.00812. The van der Waals surface area contributed by atoms with Gasteiger partial charge in [0, 0.05) is 31.1 Å². The van der Waals surface area contributed by atoms with Gasteiger partial charge in [-0.25, -0.2) is 9.37 Å². The van der Waals surface area contributed by atoms with Crippen LogP contribution in [0, 0.1) is 12.7 Å². The van der Waals surface area contributed by atoms with Crippen molar-refractivity contribution in [3.8, 4) is 0 Å². The Morgan fingerprint density at radius 1 is 1.05 bits per heavy atom. The van der Waals surface area contributed by atoms with E-state index in [0.717, 1.165) is 24.2 Å². The number of pyridine rings is 1. The molecule has 3 rings (SSSR count). The van der Waals surface area contributed by atoms with Crippen LogP contribution in [-0.2, 0) is 6.54 Å². The number of nitrogens with zero attached hydrogens (tertiary/aromatic N) is 3. The Bertz CT molecular complexity index is 720. The topological polar surface area (TPSA) is 30.7 Å². The molecule has 0 amide bonds. The number of benzene rings is 1. The molecule has 2 heterocycles. The number of aromatic nitrogens is 3. The molecule has 3 aromatic rings. The monoisotopic (exact) mass is 295 g/mol. The first-order valence-electron chi connectivity index (χ1n) is 7.36. The van der Waals surface area contributed by atoms with E-state index >= 15 is 0 Å². The van der Waals surface area contributed by atoms with Gasteiger partial charge in [-0.2, -0.15) is 0 Å². The van der Waals surface area contributed by atoms with Crippen molar-refractivity contribution in [3.05, 3.63) is 84.0 Å². The Balaban J connectivity index is 1.84. The van der Waals surface area contributed by atoms with E-state index in [4.69, 9.17) is 0 Å². The first kappa shape index (κ1) is 14.4. The van der Waals surface area contributed by atoms with E-state index in [-0.39, 0.29) is 11.7 Å². The van der Waals surface area contributed by atoms with Gasteiger partial charge in [0.1, 0.15) is 5.82 Å². The lowest BCUT2D eigenvalue weighted by Crippen LogP contribution is -2.06. The molecule has 0 bridgehead atoms. The normalized spacial score (nSPS) is 12.3. The standard InChI is InChI=1S/C18H18FN3/c1-14-12-22(13-21-14)11-8-18(16-6-9-20-10-7-16)15-2-4-17(19)5-3-15/h2-7,9-10,12-13,18H,8,11H2,1H3. The van der Waals surface area contributed by atoms with Crippen LogP contribution in [0.5, 0.6) is 0 Å². The zero-order valence-corrected chi connectivity index (χ0v) is 12.5. The van der Waals surface area contributed by atoms with E-state index in [1.165, 1.54) is 17.7 Å². The number of halogens is 1. The van der Waals surface area contributed by atoms with Crippen LogP contribution in [-0.4, -0.2) is 14.5 Å². The van der Waals surface area contributed by atoms with Crippen molar-refractivity contribution >= 4 is 0 Å². The number of hydrogen-bond donors (Lipinski definition) is 0. The Kier molecular flexibility index (Phi) is 4.28. The van der Waals surface area contributed by atoms with Gasteiger partial charge in [0.15, 0.2) is 0 Å². The van der Waals surface area contributed by atoms with Crippen LogP contribution in [0.3, 0.4) is 0 Å². The third-order valence-electron chi connectivity index (χ3n) is 3.82. The van der Waals surface area contributed by atoms with Gasteiger partial charge in [-0.3, -0.25) is 4.98 Å². The summed E-state index contributed by atoms with van der Waals surface area (Å²) in [5.41, 5.74) is 3.32. The molecule has 0 radical (unpaired) electrons. The Morgan fingerprint density at radius 3 is 2.36 bits per heavy atom. The lowest BCUT2D eigenvalue weighted by molar-refractivity contribution is 0.591. The summed E-state index contributed by atoms with van der Waals surface area (Å²) in [7, 11) is 0. The van der Waals surface area contributed by atoms with Gasteiger partial charge in [0.05, 0.1) is 12.0 Å². The minimum Gasteiger partial charge on any atom is -0.337 e. The highest BCUT2D eigenvalue weighted by atomic mass is 19.1. The highest BCUT2D eigenvalue weighted by Gasteiger charge is 2.14. The molecule has 0 aliphatic heterocycles. The molecule has 0 spiro atoms. The molecule has 1 aromatic carbocycles. The van der Waals surface area contributed by atoms with Crippen LogP contribution in [0.2, 0.25) is 0 Å². The highest BCUT2D eigenvalue weighted by Crippen LogP contribution is 2.28. The maximum absolute atomic E-state index is 13.2. The predicted octanol–water partition coefficient (Wildman–Crippen LogP) is 3.95. The highest BCUT2D eigenvalue weighted by molar-refractivity contribution is 5.31. The Labute approximate surface area is 129 Å². The van der Waals surface area contributed by atoms with Gasteiger partial charge in [0.25, 0.3) is 0 Å². The fraction of sp³-hybridized carbons (Fsp3) is 0.222. The van der Waals surface area contributed by atoms with Crippen LogP contribution >= 0.6 is 0 Å². The van der Waals surface area contributed by atoms with Gasteiger partial charge in [-0.15, -0.1) is 0 Å². The number of rotatable bonds is 5. The molecule has 0 saturated heterocycles. The number of imidazole rings is 1. The smallest absolute Gasteiger partial charge is 0.123 e. The third-order valence-corrected chi connectivity index (χ3v) is 3.82. The largest absolute Gasteiger partial charge is 0.337 e.